The zero-order valence-electron chi connectivity index (χ0n) is 10.2. The topological polar surface area (TPSA) is 17.1 Å². The molecule has 0 bridgehead atoms. The van der Waals surface area contributed by atoms with Crippen LogP contribution in [0.4, 0.5) is 57.1 Å². The molecule has 1 radical (unpaired) electrons. The first-order valence-electron chi connectivity index (χ1n) is 5.07. The van der Waals surface area contributed by atoms with Crippen molar-refractivity contribution < 1.29 is 61.9 Å². The molecule has 0 aromatic heterocycles. The number of hydrogen-bond acceptors (Lipinski definition) is 1. The third-order valence-electron chi connectivity index (χ3n) is 2.48. The van der Waals surface area contributed by atoms with Gasteiger partial charge >= 0.3 is 36.0 Å². The second-order valence-corrected chi connectivity index (χ2v) is 4.12. The minimum absolute atomic E-state index is 1.08. The Morgan fingerprint density at radius 1 is 0.783 bits per heavy atom. The summed E-state index contributed by atoms with van der Waals surface area (Å²) in [5.41, 5.74) is 0. The van der Waals surface area contributed by atoms with E-state index in [0.717, 1.165) is 0 Å². The second-order valence-electron chi connectivity index (χ2n) is 4.12. The molecule has 0 spiro atoms. The number of carbonyl (C=O) groups excluding carboxylic acids is 1. The SMILES string of the molecule is O=CC(F)CC(F)(F)C(F)(F)C(F)(F)C(F)(F)C(F)(F)[C](F)F. The average molecular weight is 375 g/mol. The number of alkyl halides is 11. The highest BCUT2D eigenvalue weighted by Gasteiger charge is 2.88. The Bertz CT molecular complexity index is 429. The van der Waals surface area contributed by atoms with E-state index < -0.39 is 54.9 Å². The third kappa shape index (κ3) is 3.20. The molecule has 0 saturated heterocycles. The van der Waals surface area contributed by atoms with Gasteiger partial charge < -0.3 is 4.79 Å². The van der Waals surface area contributed by atoms with Crippen molar-refractivity contribution in [2.24, 2.45) is 0 Å². The molecule has 0 rings (SSSR count). The van der Waals surface area contributed by atoms with Crippen molar-refractivity contribution in [2.45, 2.75) is 42.2 Å². The highest BCUT2D eigenvalue weighted by Crippen LogP contribution is 2.59. The van der Waals surface area contributed by atoms with Gasteiger partial charge in [-0.25, -0.2) is 4.39 Å². The molecule has 0 aromatic rings. The van der Waals surface area contributed by atoms with Gasteiger partial charge in [0.2, 0.25) is 0 Å². The molecule has 0 saturated carbocycles. The smallest absolute Gasteiger partial charge is 0.300 e. The molecule has 0 N–H and O–H groups in total. The summed E-state index contributed by atoms with van der Waals surface area (Å²) < 4.78 is 163. The highest BCUT2D eigenvalue weighted by atomic mass is 19.4. The predicted octanol–water partition coefficient (Wildman–Crippen LogP) is 4.52. The zero-order valence-corrected chi connectivity index (χ0v) is 10.2. The number of carbonyl (C=O) groups is 1. The Morgan fingerprint density at radius 3 is 1.48 bits per heavy atom. The van der Waals surface area contributed by atoms with E-state index in [4.69, 9.17) is 0 Å². The van der Waals surface area contributed by atoms with E-state index in [2.05, 4.69) is 0 Å². The van der Waals surface area contributed by atoms with Crippen molar-refractivity contribution in [3.8, 4) is 0 Å². The minimum Gasteiger partial charge on any atom is -0.300 e. The monoisotopic (exact) mass is 375 g/mol. The molecule has 0 aliphatic heterocycles. The molecule has 23 heavy (non-hydrogen) atoms. The first-order chi connectivity index (χ1) is 9.90. The van der Waals surface area contributed by atoms with E-state index in [0.29, 0.717) is 0 Å². The van der Waals surface area contributed by atoms with Gasteiger partial charge in [0.05, 0.1) is 6.42 Å². The van der Waals surface area contributed by atoms with Gasteiger partial charge in [-0.3, -0.25) is 0 Å². The van der Waals surface area contributed by atoms with Crippen LogP contribution < -0.4 is 0 Å². The Hall–Kier alpha value is -1.24. The molecule has 1 nitrogen and oxygen atoms in total. The van der Waals surface area contributed by atoms with Crippen LogP contribution in [-0.4, -0.2) is 42.1 Å². The molecule has 0 aliphatic carbocycles. The quantitative estimate of drug-likeness (QED) is 0.451. The van der Waals surface area contributed by atoms with Crippen LogP contribution in [-0.2, 0) is 4.79 Å². The number of hydrogen-bond donors (Lipinski definition) is 0. The van der Waals surface area contributed by atoms with Gasteiger partial charge in [-0.15, -0.1) is 0 Å². The first kappa shape index (κ1) is 21.8. The van der Waals surface area contributed by atoms with Crippen LogP contribution in [0.3, 0.4) is 0 Å². The molecule has 14 heteroatoms. The summed E-state index contributed by atoms with van der Waals surface area (Å²) in [7, 11) is 0. The van der Waals surface area contributed by atoms with Crippen molar-refractivity contribution in [1.29, 1.82) is 0 Å². The highest BCUT2D eigenvalue weighted by molar-refractivity contribution is 5.55. The van der Waals surface area contributed by atoms with Crippen LogP contribution in [0.15, 0.2) is 0 Å². The normalized spacial score (nSPS) is 16.6. The van der Waals surface area contributed by atoms with E-state index in [-0.39, 0.29) is 0 Å². The van der Waals surface area contributed by atoms with Crippen molar-refractivity contribution in [3.63, 3.8) is 0 Å². The van der Waals surface area contributed by atoms with Gasteiger partial charge in [0.15, 0.2) is 12.5 Å². The lowest BCUT2D eigenvalue weighted by molar-refractivity contribution is -0.405. The van der Waals surface area contributed by atoms with E-state index in [1.807, 2.05) is 0 Å². The third-order valence-corrected chi connectivity index (χ3v) is 2.48. The maximum atomic E-state index is 12.9. The maximum absolute atomic E-state index is 12.9. The van der Waals surface area contributed by atoms with Crippen LogP contribution in [0, 0.1) is 6.43 Å². The lowest BCUT2D eigenvalue weighted by atomic mass is 9.92. The molecule has 0 aliphatic rings. The summed E-state index contributed by atoms with van der Waals surface area (Å²) in [5, 5.41) is 0. The van der Waals surface area contributed by atoms with Crippen molar-refractivity contribution in [3.05, 3.63) is 6.43 Å². The summed E-state index contributed by atoms with van der Waals surface area (Å²) in [6.07, 6.45) is -12.4. The maximum Gasteiger partial charge on any atom is 0.385 e. The van der Waals surface area contributed by atoms with Crippen LogP contribution in [0.25, 0.3) is 0 Å². The Labute approximate surface area is 118 Å². The van der Waals surface area contributed by atoms with Gasteiger partial charge in [-0.2, -0.15) is 52.7 Å². The van der Waals surface area contributed by atoms with E-state index in [1.165, 1.54) is 0 Å². The number of halogens is 13. The molecular formula is C9H4F13O. The van der Waals surface area contributed by atoms with E-state index in [9.17, 15) is 61.9 Å². The molecule has 1 atom stereocenters. The molecule has 0 heterocycles. The molecule has 0 aromatic carbocycles. The lowest BCUT2D eigenvalue weighted by Crippen LogP contribution is -2.68. The van der Waals surface area contributed by atoms with Crippen molar-refractivity contribution >= 4 is 6.29 Å². The summed E-state index contributed by atoms with van der Waals surface area (Å²) in [4.78, 5) is 9.69. The molecule has 0 fully saturated rings. The Morgan fingerprint density at radius 2 is 1.17 bits per heavy atom. The van der Waals surface area contributed by atoms with Gasteiger partial charge in [0, 0.05) is 0 Å². The minimum atomic E-state index is -7.72. The van der Waals surface area contributed by atoms with Crippen LogP contribution in [0.2, 0.25) is 0 Å². The Balaban J connectivity index is 6.01. The molecule has 137 valence electrons. The molecule has 0 amide bonds. The molecular weight excluding hydrogens is 371 g/mol. The van der Waals surface area contributed by atoms with E-state index >= 15 is 0 Å². The van der Waals surface area contributed by atoms with E-state index in [1.54, 1.807) is 0 Å². The standard InChI is InChI=1S/C9H4F13O/c10-3(2-23)1-5(13,14)7(17,18)9(21,22)8(19,20)6(15,16)4(11)12/h2-3H,1H2. The zero-order chi connectivity index (χ0) is 19.1. The average Bonchev–Trinajstić information content (AvgIpc) is 2.36. The van der Waals surface area contributed by atoms with Crippen LogP contribution in [0.1, 0.15) is 6.42 Å². The second kappa shape index (κ2) is 6.00. The van der Waals surface area contributed by atoms with Crippen molar-refractivity contribution in [1.82, 2.24) is 0 Å². The van der Waals surface area contributed by atoms with Crippen LogP contribution >= 0.6 is 0 Å². The fraction of sp³-hybridized carbons (Fsp3) is 0.778. The fourth-order valence-corrected chi connectivity index (χ4v) is 1.16. The van der Waals surface area contributed by atoms with Crippen molar-refractivity contribution in [2.75, 3.05) is 0 Å². The largest absolute Gasteiger partial charge is 0.385 e. The lowest BCUT2D eigenvalue weighted by Gasteiger charge is -2.38. The van der Waals surface area contributed by atoms with Gasteiger partial charge in [0.1, 0.15) is 0 Å². The molecule has 1 unspecified atom stereocenters. The van der Waals surface area contributed by atoms with Gasteiger partial charge in [0.25, 0.3) is 0 Å². The first-order valence-corrected chi connectivity index (χ1v) is 5.07. The predicted molar refractivity (Wildman–Crippen MR) is 45.8 cm³/mol. The van der Waals surface area contributed by atoms with Crippen LogP contribution in [0.5, 0.6) is 0 Å². The fourth-order valence-electron chi connectivity index (χ4n) is 1.16. The summed E-state index contributed by atoms with van der Waals surface area (Å²) in [6.45, 7) is 0. The number of rotatable bonds is 8. The summed E-state index contributed by atoms with van der Waals surface area (Å²) >= 11 is 0. The summed E-state index contributed by atoms with van der Waals surface area (Å²) in [6, 6.07) is 0. The van der Waals surface area contributed by atoms with Gasteiger partial charge in [-0.1, -0.05) is 0 Å². The summed E-state index contributed by atoms with van der Waals surface area (Å²) in [5.74, 6) is -36.4. The van der Waals surface area contributed by atoms with Gasteiger partial charge in [-0.05, 0) is 0 Å². The Kier molecular flexibility index (Phi) is 5.68. The number of aldehydes is 1.